The van der Waals surface area contributed by atoms with E-state index in [2.05, 4.69) is 31.2 Å². The first-order valence-corrected chi connectivity index (χ1v) is 13.2. The lowest BCUT2D eigenvalue weighted by Crippen LogP contribution is -2.58. The molecule has 1 aliphatic heterocycles. The molecule has 3 N–H and O–H groups in total. The fourth-order valence-corrected chi connectivity index (χ4v) is 4.74. The molecule has 0 spiro atoms. The second kappa shape index (κ2) is 11.9. The van der Waals surface area contributed by atoms with Crippen LogP contribution in [0.2, 0.25) is 5.02 Å². The number of anilines is 1. The number of nitrogens with one attached hydrogen (secondary N) is 3. The third-order valence-corrected chi connectivity index (χ3v) is 7.08. The third-order valence-electron chi connectivity index (χ3n) is 6.79. The van der Waals surface area contributed by atoms with Crippen molar-refractivity contribution in [3.8, 4) is 0 Å². The molecule has 2 fully saturated rings. The molecule has 4 amide bonds. The Balaban J connectivity index is 1.40. The van der Waals surface area contributed by atoms with E-state index in [1.165, 1.54) is 37.6 Å². The summed E-state index contributed by atoms with van der Waals surface area (Å²) >= 11 is 5.95. The van der Waals surface area contributed by atoms with Crippen molar-refractivity contribution < 1.29 is 36.9 Å². The van der Waals surface area contributed by atoms with Gasteiger partial charge < -0.3 is 25.6 Å². The number of amides is 4. The number of pyridine rings is 1. The highest BCUT2D eigenvalue weighted by Crippen LogP contribution is 2.40. The fraction of sp³-hybridized carbons (Fsp3) is 0.385. The molecule has 0 unspecified atom stereocenters. The topological polar surface area (TPSA) is 152 Å². The fourth-order valence-electron chi connectivity index (χ4n) is 4.55. The van der Waals surface area contributed by atoms with Crippen molar-refractivity contribution in [1.29, 1.82) is 0 Å². The Morgan fingerprint density at radius 2 is 2.02 bits per heavy atom. The van der Waals surface area contributed by atoms with Crippen LogP contribution < -0.4 is 16.0 Å². The lowest BCUT2D eigenvalue weighted by atomic mass is 10.0. The Kier molecular flexibility index (Phi) is 8.31. The van der Waals surface area contributed by atoms with Crippen LogP contribution in [0.5, 0.6) is 0 Å². The number of methoxy groups -OCH3 is 1. The van der Waals surface area contributed by atoms with E-state index in [0.29, 0.717) is 11.3 Å². The van der Waals surface area contributed by atoms with Gasteiger partial charge >= 0.3 is 6.03 Å². The van der Waals surface area contributed by atoms with E-state index >= 15 is 0 Å². The first-order chi connectivity index (χ1) is 20.1. The van der Waals surface area contributed by atoms with Crippen molar-refractivity contribution in [2.24, 2.45) is 0 Å². The number of ether oxygens (including phenoxy) is 1. The summed E-state index contributed by atoms with van der Waals surface area (Å²) < 4.78 is 52.1. The van der Waals surface area contributed by atoms with Gasteiger partial charge in [0.1, 0.15) is 23.4 Å². The Hall–Kier alpha value is -4.24. The molecule has 5 rings (SSSR count). The van der Waals surface area contributed by atoms with Gasteiger partial charge in [-0.25, -0.2) is 27.6 Å². The van der Waals surface area contributed by atoms with Crippen molar-refractivity contribution in [3.05, 3.63) is 69.9 Å². The van der Waals surface area contributed by atoms with Gasteiger partial charge in [0.2, 0.25) is 0 Å². The van der Waals surface area contributed by atoms with Gasteiger partial charge in [0.25, 0.3) is 17.7 Å². The summed E-state index contributed by atoms with van der Waals surface area (Å²) in [6.07, 6.45) is 2.95. The number of nitrogens with zero attached hydrogens (tertiary/aromatic N) is 4. The molecule has 12 nitrogen and oxygen atoms in total. The molecule has 2 aliphatic rings. The second-order valence-electron chi connectivity index (χ2n) is 9.93. The van der Waals surface area contributed by atoms with Gasteiger partial charge in [-0.3, -0.25) is 9.59 Å². The minimum atomic E-state index is -3.16. The Bertz CT molecular complexity index is 1500. The third kappa shape index (κ3) is 6.46. The molecule has 3 heterocycles. The maximum Gasteiger partial charge on any atom is 0.318 e. The molecule has 1 saturated heterocycles. The number of hydrogen-bond acceptors (Lipinski definition) is 8. The van der Waals surface area contributed by atoms with E-state index in [4.69, 9.17) is 21.0 Å². The van der Waals surface area contributed by atoms with E-state index < -0.39 is 54.8 Å². The van der Waals surface area contributed by atoms with Gasteiger partial charge in [0.15, 0.2) is 5.69 Å². The quantitative estimate of drug-likeness (QED) is 0.316. The lowest BCUT2D eigenvalue weighted by Gasteiger charge is -2.38. The van der Waals surface area contributed by atoms with Gasteiger partial charge in [-0.2, -0.15) is 0 Å². The summed E-state index contributed by atoms with van der Waals surface area (Å²) in [5, 5.41) is 14.5. The molecule has 42 heavy (non-hydrogen) atoms. The Labute approximate surface area is 241 Å². The molecule has 0 bridgehead atoms. The SMILES string of the molecule is COC[C@H](c1ccnc(NC(=O)[C@@H](NC(=O)c2nonc2C2CC2)c2ccc(F)c(Cl)c2)c1)N1CC(F)(F)CNC1=O. The Morgan fingerprint density at radius 3 is 2.74 bits per heavy atom. The van der Waals surface area contributed by atoms with Crippen molar-refractivity contribution in [1.82, 2.24) is 30.8 Å². The molecule has 16 heteroatoms. The molecule has 222 valence electrons. The van der Waals surface area contributed by atoms with Gasteiger partial charge in [-0.1, -0.05) is 22.8 Å². The number of carbonyl (C=O) groups excluding carboxylic acids is 3. The van der Waals surface area contributed by atoms with Crippen LogP contribution in [-0.4, -0.2) is 70.8 Å². The monoisotopic (exact) mass is 607 g/mol. The molecule has 1 saturated carbocycles. The number of aromatic nitrogens is 3. The molecular weight excluding hydrogens is 583 g/mol. The van der Waals surface area contributed by atoms with Crippen LogP contribution in [0.4, 0.5) is 23.8 Å². The van der Waals surface area contributed by atoms with E-state index in [1.54, 1.807) is 0 Å². The zero-order valence-electron chi connectivity index (χ0n) is 22.1. The van der Waals surface area contributed by atoms with Crippen molar-refractivity contribution >= 4 is 35.3 Å². The van der Waals surface area contributed by atoms with E-state index in [-0.39, 0.29) is 34.6 Å². The van der Waals surface area contributed by atoms with Crippen molar-refractivity contribution in [2.45, 2.75) is 36.8 Å². The summed E-state index contributed by atoms with van der Waals surface area (Å²) in [5.41, 5.74) is 0.790. The average molecular weight is 608 g/mol. The summed E-state index contributed by atoms with van der Waals surface area (Å²) in [5.74, 6) is -5.42. The van der Waals surface area contributed by atoms with Crippen LogP contribution in [0.3, 0.4) is 0 Å². The number of urea groups is 1. The van der Waals surface area contributed by atoms with Crippen molar-refractivity contribution in [3.63, 3.8) is 0 Å². The maximum absolute atomic E-state index is 14.1. The van der Waals surface area contributed by atoms with Crippen LogP contribution >= 0.6 is 11.6 Å². The number of halogens is 4. The summed E-state index contributed by atoms with van der Waals surface area (Å²) in [4.78, 5) is 44.2. The van der Waals surface area contributed by atoms with Gasteiger partial charge in [0, 0.05) is 19.2 Å². The van der Waals surface area contributed by atoms with Gasteiger partial charge in [-0.15, -0.1) is 0 Å². The van der Waals surface area contributed by atoms with Crippen LogP contribution in [0.1, 0.15) is 58.2 Å². The number of hydrogen-bond donors (Lipinski definition) is 3. The molecular formula is C26H25ClF3N7O5. The summed E-state index contributed by atoms with van der Waals surface area (Å²) in [6.45, 7) is -1.74. The van der Waals surface area contributed by atoms with E-state index in [9.17, 15) is 27.6 Å². The number of alkyl halides is 2. The normalized spacial score (nSPS) is 17.7. The molecule has 2 atom stereocenters. The van der Waals surface area contributed by atoms with Crippen LogP contribution in [0, 0.1) is 5.82 Å². The highest BCUT2D eigenvalue weighted by atomic mass is 35.5. The zero-order chi connectivity index (χ0) is 30.0. The minimum Gasteiger partial charge on any atom is -0.382 e. The molecule has 0 radical (unpaired) electrons. The molecule has 3 aromatic rings. The molecule has 1 aliphatic carbocycles. The van der Waals surface area contributed by atoms with E-state index in [0.717, 1.165) is 23.8 Å². The first kappa shape index (κ1) is 29.3. The predicted octanol–water partition coefficient (Wildman–Crippen LogP) is 3.59. The minimum absolute atomic E-state index is 0.0167. The smallest absolute Gasteiger partial charge is 0.318 e. The van der Waals surface area contributed by atoms with Gasteiger partial charge in [0.05, 0.1) is 30.8 Å². The summed E-state index contributed by atoms with van der Waals surface area (Å²) in [7, 11) is 1.36. The predicted molar refractivity (Wildman–Crippen MR) is 140 cm³/mol. The first-order valence-electron chi connectivity index (χ1n) is 12.8. The average Bonchev–Trinajstić information content (AvgIpc) is 3.69. The molecule has 2 aromatic heterocycles. The van der Waals surface area contributed by atoms with E-state index in [1.807, 2.05) is 0 Å². The highest BCUT2D eigenvalue weighted by molar-refractivity contribution is 6.30. The van der Waals surface area contributed by atoms with Crippen LogP contribution in [-0.2, 0) is 9.53 Å². The second-order valence-corrected chi connectivity index (χ2v) is 10.3. The largest absolute Gasteiger partial charge is 0.382 e. The van der Waals surface area contributed by atoms with Gasteiger partial charge in [-0.05, 0) is 53.4 Å². The number of rotatable bonds is 10. The number of carbonyl (C=O) groups is 3. The maximum atomic E-state index is 14.1. The highest BCUT2D eigenvalue weighted by Gasteiger charge is 2.42. The van der Waals surface area contributed by atoms with Crippen LogP contribution in [0.15, 0.2) is 41.2 Å². The van der Waals surface area contributed by atoms with Crippen LogP contribution in [0.25, 0.3) is 0 Å². The molecule has 1 aromatic carbocycles. The number of benzene rings is 1. The zero-order valence-corrected chi connectivity index (χ0v) is 22.8. The lowest BCUT2D eigenvalue weighted by molar-refractivity contribution is -0.118. The Morgan fingerprint density at radius 1 is 1.24 bits per heavy atom. The standard InChI is InChI=1S/C26H25ClF3N7O5/c1-41-10-18(37-12-26(29,30)11-32-25(37)40)14-6-7-31-19(9-14)33-23(38)21(15-4-5-17(28)16(27)8-15)34-24(39)22-20(13-2-3-13)35-42-36-22/h4-9,13,18,21H,2-3,10-12H2,1H3,(H,32,40)(H,34,39)(H,31,33,38)/t18-,21+/m1/s1. The van der Waals surface area contributed by atoms with Crippen molar-refractivity contribution in [2.75, 3.05) is 32.1 Å². The summed E-state index contributed by atoms with van der Waals surface area (Å²) in [6, 6.07) is 3.37.